The topological polar surface area (TPSA) is 88.2 Å². The molecule has 4 atom stereocenters. The minimum Gasteiger partial charge on any atom is -0.453 e. The van der Waals surface area contributed by atoms with Crippen LogP contribution in [0.5, 0.6) is 0 Å². The molecule has 1 heterocycles. The SMILES string of the molecule is COC(=O)N1[C@H](C)C[C@H](NS(=O)(=O)N(C)C)[C@@H]1COC1CC=C(c2cccc(F)c2)CC1. The number of hydrogen-bond donors (Lipinski definition) is 1. The van der Waals surface area contributed by atoms with E-state index in [0.29, 0.717) is 12.8 Å². The Morgan fingerprint density at radius 3 is 2.69 bits per heavy atom. The number of nitrogens with one attached hydrogen (secondary N) is 1. The van der Waals surface area contributed by atoms with Gasteiger partial charge in [0.1, 0.15) is 5.82 Å². The summed E-state index contributed by atoms with van der Waals surface area (Å²) in [5.74, 6) is -0.258. The van der Waals surface area contributed by atoms with E-state index in [1.54, 1.807) is 11.0 Å². The third-order valence-electron chi connectivity index (χ3n) is 6.12. The van der Waals surface area contributed by atoms with Crippen molar-refractivity contribution in [3.05, 3.63) is 41.7 Å². The standard InChI is InChI=1S/C22H32FN3O5S/c1-15-12-20(24-32(28,29)25(2)3)21(26(15)22(27)30-4)14-31-19-10-8-16(9-11-19)17-6-5-7-18(23)13-17/h5-8,13,15,19-21,24H,9-12,14H2,1-4H3/t15-,19?,20+,21+/m1/s1. The maximum absolute atomic E-state index is 13.5. The molecule has 1 saturated heterocycles. The van der Waals surface area contributed by atoms with Crippen LogP contribution in [0.3, 0.4) is 0 Å². The predicted molar refractivity (Wildman–Crippen MR) is 120 cm³/mol. The highest BCUT2D eigenvalue weighted by atomic mass is 32.2. The number of hydrogen-bond acceptors (Lipinski definition) is 5. The normalized spacial score (nSPS) is 26.3. The zero-order chi connectivity index (χ0) is 23.5. The Bertz CT molecular complexity index is 953. The lowest BCUT2D eigenvalue weighted by Crippen LogP contribution is -2.52. The summed E-state index contributed by atoms with van der Waals surface area (Å²) in [5.41, 5.74) is 1.97. The Labute approximate surface area is 189 Å². The summed E-state index contributed by atoms with van der Waals surface area (Å²) in [6, 6.07) is 5.38. The molecule has 10 heteroatoms. The van der Waals surface area contributed by atoms with Gasteiger partial charge in [-0.1, -0.05) is 18.2 Å². The van der Waals surface area contributed by atoms with E-state index in [2.05, 4.69) is 10.8 Å². The third kappa shape index (κ3) is 5.67. The number of allylic oxidation sites excluding steroid dienone is 1. The van der Waals surface area contributed by atoms with Crippen LogP contribution in [0.4, 0.5) is 9.18 Å². The summed E-state index contributed by atoms with van der Waals surface area (Å²) >= 11 is 0. The molecule has 0 spiro atoms. The van der Waals surface area contributed by atoms with Gasteiger partial charge in [0, 0.05) is 26.2 Å². The minimum absolute atomic E-state index is 0.0613. The quantitative estimate of drug-likeness (QED) is 0.664. The fourth-order valence-corrected chi connectivity index (χ4v) is 5.19. The van der Waals surface area contributed by atoms with Crippen molar-refractivity contribution in [1.29, 1.82) is 0 Å². The van der Waals surface area contributed by atoms with Crippen molar-refractivity contribution in [1.82, 2.24) is 13.9 Å². The van der Waals surface area contributed by atoms with Gasteiger partial charge in [-0.05, 0) is 55.9 Å². The van der Waals surface area contributed by atoms with E-state index in [1.165, 1.54) is 33.3 Å². The number of halogens is 1. The summed E-state index contributed by atoms with van der Waals surface area (Å²) in [6.07, 6.45) is 4.14. The van der Waals surface area contributed by atoms with Gasteiger partial charge in [-0.25, -0.2) is 9.18 Å². The zero-order valence-corrected chi connectivity index (χ0v) is 19.8. The number of carbonyl (C=O) groups is 1. The molecule has 178 valence electrons. The fraction of sp³-hybridized carbons (Fsp3) is 0.591. The summed E-state index contributed by atoms with van der Waals surface area (Å²) in [7, 11) is 0.547. The van der Waals surface area contributed by atoms with Gasteiger partial charge in [0.05, 0.1) is 25.9 Å². The largest absolute Gasteiger partial charge is 0.453 e. The van der Waals surface area contributed by atoms with Crippen LogP contribution in [0.25, 0.3) is 5.57 Å². The van der Waals surface area contributed by atoms with Crippen LogP contribution in [-0.2, 0) is 19.7 Å². The second kappa shape index (κ2) is 10.3. The molecule has 32 heavy (non-hydrogen) atoms. The maximum Gasteiger partial charge on any atom is 0.410 e. The van der Waals surface area contributed by atoms with E-state index in [4.69, 9.17) is 9.47 Å². The van der Waals surface area contributed by atoms with Gasteiger partial charge in [0.15, 0.2) is 0 Å². The van der Waals surface area contributed by atoms with Crippen molar-refractivity contribution < 1.29 is 27.1 Å². The first-order valence-electron chi connectivity index (χ1n) is 10.7. The van der Waals surface area contributed by atoms with Gasteiger partial charge in [0.2, 0.25) is 0 Å². The monoisotopic (exact) mass is 469 g/mol. The van der Waals surface area contributed by atoms with Gasteiger partial charge in [0.25, 0.3) is 10.2 Å². The van der Waals surface area contributed by atoms with Crippen molar-refractivity contribution in [2.45, 2.75) is 56.8 Å². The first-order chi connectivity index (χ1) is 15.1. The molecule has 1 aliphatic carbocycles. The van der Waals surface area contributed by atoms with Crippen LogP contribution >= 0.6 is 0 Å². The highest BCUT2D eigenvalue weighted by Crippen LogP contribution is 2.31. The zero-order valence-electron chi connectivity index (χ0n) is 19.0. The van der Waals surface area contributed by atoms with Crippen LogP contribution in [0.15, 0.2) is 30.3 Å². The van der Waals surface area contributed by atoms with E-state index in [9.17, 15) is 17.6 Å². The molecule has 0 saturated carbocycles. The predicted octanol–water partition coefficient (Wildman–Crippen LogP) is 2.77. The molecule has 1 aromatic carbocycles. The summed E-state index contributed by atoms with van der Waals surface area (Å²) in [6.45, 7) is 2.05. The minimum atomic E-state index is -3.67. The molecule has 1 aromatic rings. The number of ether oxygens (including phenoxy) is 2. The molecule has 2 aliphatic rings. The molecule has 0 bridgehead atoms. The molecule has 1 N–H and O–H groups in total. The number of methoxy groups -OCH3 is 1. The van der Waals surface area contributed by atoms with E-state index in [-0.39, 0.29) is 24.6 Å². The lowest BCUT2D eigenvalue weighted by Gasteiger charge is -2.31. The first kappa shape index (κ1) is 24.6. The van der Waals surface area contributed by atoms with Crippen LogP contribution in [-0.4, -0.2) is 75.8 Å². The Hall–Kier alpha value is -2.01. The first-order valence-corrected chi connectivity index (χ1v) is 12.2. The van der Waals surface area contributed by atoms with Crippen molar-refractivity contribution in [3.63, 3.8) is 0 Å². The summed E-state index contributed by atoms with van der Waals surface area (Å²) in [4.78, 5) is 13.9. The van der Waals surface area contributed by atoms with Crippen LogP contribution in [0, 0.1) is 5.82 Å². The Kier molecular flexibility index (Phi) is 7.92. The smallest absolute Gasteiger partial charge is 0.410 e. The van der Waals surface area contributed by atoms with E-state index in [1.807, 2.05) is 13.0 Å². The molecule has 1 amide bonds. The molecule has 0 radical (unpaired) electrons. The molecule has 8 nitrogen and oxygen atoms in total. The molecule has 1 aliphatic heterocycles. The van der Waals surface area contributed by atoms with Gasteiger partial charge in [-0.2, -0.15) is 17.4 Å². The fourth-order valence-electron chi connectivity index (χ4n) is 4.35. The Morgan fingerprint density at radius 2 is 2.09 bits per heavy atom. The van der Waals surface area contributed by atoms with Crippen molar-refractivity contribution in [3.8, 4) is 0 Å². The number of rotatable bonds is 7. The summed E-state index contributed by atoms with van der Waals surface area (Å²) in [5, 5.41) is 0. The van der Waals surface area contributed by atoms with Gasteiger partial charge >= 0.3 is 6.09 Å². The lowest BCUT2D eigenvalue weighted by molar-refractivity contribution is 0.00663. The second-order valence-electron chi connectivity index (χ2n) is 8.51. The Morgan fingerprint density at radius 1 is 1.34 bits per heavy atom. The number of carbonyl (C=O) groups excluding carboxylic acids is 1. The average Bonchev–Trinajstić information content (AvgIpc) is 3.06. The third-order valence-corrected chi connectivity index (χ3v) is 7.68. The highest BCUT2D eigenvalue weighted by molar-refractivity contribution is 7.87. The molecule has 0 aromatic heterocycles. The summed E-state index contributed by atoms with van der Waals surface area (Å²) < 4.78 is 53.2. The highest BCUT2D eigenvalue weighted by Gasteiger charge is 2.44. The van der Waals surface area contributed by atoms with Crippen molar-refractivity contribution >= 4 is 21.9 Å². The number of amides is 1. The van der Waals surface area contributed by atoms with Gasteiger partial charge in [-0.3, -0.25) is 4.90 Å². The van der Waals surface area contributed by atoms with E-state index in [0.717, 1.165) is 28.3 Å². The van der Waals surface area contributed by atoms with Crippen LogP contribution < -0.4 is 4.72 Å². The average molecular weight is 470 g/mol. The van der Waals surface area contributed by atoms with Crippen LogP contribution in [0.1, 0.15) is 38.2 Å². The molecular weight excluding hydrogens is 437 g/mol. The van der Waals surface area contributed by atoms with Crippen molar-refractivity contribution in [2.75, 3.05) is 27.8 Å². The molecular formula is C22H32FN3O5S. The second-order valence-corrected chi connectivity index (χ2v) is 10.4. The van der Waals surface area contributed by atoms with Crippen molar-refractivity contribution in [2.24, 2.45) is 0 Å². The molecule has 1 unspecified atom stereocenters. The maximum atomic E-state index is 13.5. The van der Waals surface area contributed by atoms with Crippen LogP contribution in [0.2, 0.25) is 0 Å². The number of nitrogens with zero attached hydrogens (tertiary/aromatic N) is 2. The number of benzene rings is 1. The number of likely N-dealkylation sites (tertiary alicyclic amines) is 1. The van der Waals surface area contributed by atoms with E-state index >= 15 is 0 Å². The van der Waals surface area contributed by atoms with Gasteiger partial charge in [-0.15, -0.1) is 0 Å². The molecule has 1 fully saturated rings. The van der Waals surface area contributed by atoms with E-state index < -0.39 is 28.4 Å². The molecule has 3 rings (SSSR count). The van der Waals surface area contributed by atoms with Gasteiger partial charge < -0.3 is 9.47 Å². The lowest BCUT2D eigenvalue weighted by atomic mass is 9.92. The Balaban J connectivity index is 1.67.